The number of amides is 1. The molecule has 1 amide bonds. The first-order valence-corrected chi connectivity index (χ1v) is 13.1. The van der Waals surface area contributed by atoms with E-state index in [0.29, 0.717) is 0 Å². The van der Waals surface area contributed by atoms with Crippen molar-refractivity contribution in [3.8, 4) is 5.75 Å². The minimum atomic E-state index is -2.31. The SMILES string of the molecule is CO[C@@]12C(O)=C(C(N)=O)C(=O)[C@H](O)[C@@H]1CC1=C(C(=O)c3c(ccc(C4CC(O)C(O)C(C)O4)c3O)[C@]1(C)OC)C2O. The van der Waals surface area contributed by atoms with Gasteiger partial charge >= 0.3 is 0 Å². The molecule has 5 unspecified atom stereocenters. The molecule has 1 aliphatic heterocycles. The average molecular weight is 576 g/mol. The van der Waals surface area contributed by atoms with Crippen molar-refractivity contribution in [3.63, 3.8) is 0 Å². The zero-order valence-electron chi connectivity index (χ0n) is 22.8. The van der Waals surface area contributed by atoms with Crippen LogP contribution < -0.4 is 5.73 Å². The molecule has 0 saturated carbocycles. The van der Waals surface area contributed by atoms with E-state index in [9.17, 15) is 45.0 Å². The zero-order chi connectivity index (χ0) is 30.3. The summed E-state index contributed by atoms with van der Waals surface area (Å²) in [4.78, 5) is 39.1. The first-order valence-electron chi connectivity index (χ1n) is 13.1. The Hall–Kier alpha value is -3.17. The maximum Gasteiger partial charge on any atom is 0.255 e. The molecule has 1 aromatic carbocycles. The number of aromatic hydroxyl groups is 1. The third-order valence-electron chi connectivity index (χ3n) is 9.30. The predicted molar refractivity (Wildman–Crippen MR) is 137 cm³/mol. The minimum Gasteiger partial charge on any atom is -0.508 e. The van der Waals surface area contributed by atoms with Crippen LogP contribution in [-0.4, -0.2) is 98.5 Å². The molecule has 4 aliphatic rings. The largest absolute Gasteiger partial charge is 0.508 e. The van der Waals surface area contributed by atoms with Gasteiger partial charge in [-0.25, -0.2) is 0 Å². The molecule has 0 bridgehead atoms. The molecule has 0 radical (unpaired) electrons. The molecule has 5 rings (SSSR count). The number of benzene rings is 1. The monoisotopic (exact) mass is 575 g/mol. The highest BCUT2D eigenvalue weighted by Gasteiger charge is 2.65. The topological polar surface area (TPSA) is 226 Å². The van der Waals surface area contributed by atoms with E-state index >= 15 is 0 Å². The number of ether oxygens (including phenoxy) is 3. The maximum atomic E-state index is 14.2. The summed E-state index contributed by atoms with van der Waals surface area (Å²) in [5.41, 5.74) is 0.566. The summed E-state index contributed by atoms with van der Waals surface area (Å²) in [6, 6.07) is 3.05. The van der Waals surface area contributed by atoms with Gasteiger partial charge in [0, 0.05) is 43.3 Å². The van der Waals surface area contributed by atoms with Crippen molar-refractivity contribution in [2.75, 3.05) is 14.2 Å². The summed E-state index contributed by atoms with van der Waals surface area (Å²) < 4.78 is 17.2. The fourth-order valence-electron chi connectivity index (χ4n) is 6.96. The molecule has 222 valence electrons. The molecule has 3 aliphatic carbocycles. The number of hydrogen-bond donors (Lipinski definition) is 7. The van der Waals surface area contributed by atoms with Gasteiger partial charge in [-0.1, -0.05) is 12.1 Å². The van der Waals surface area contributed by atoms with Crippen LogP contribution in [0.1, 0.15) is 54.3 Å². The first kappa shape index (κ1) is 29.3. The highest BCUT2D eigenvalue weighted by Crippen LogP contribution is 2.57. The number of ketones is 2. The number of primary amides is 1. The van der Waals surface area contributed by atoms with E-state index in [1.54, 1.807) is 13.8 Å². The number of rotatable bonds is 4. The van der Waals surface area contributed by atoms with Gasteiger partial charge in [-0.05, 0) is 25.8 Å². The number of aliphatic hydroxyl groups is 5. The minimum absolute atomic E-state index is 0.0703. The molecule has 1 aromatic rings. The van der Waals surface area contributed by atoms with Crippen LogP contribution in [-0.2, 0) is 29.4 Å². The van der Waals surface area contributed by atoms with Gasteiger partial charge in [0.2, 0.25) is 5.78 Å². The van der Waals surface area contributed by atoms with E-state index in [0.717, 1.165) is 7.11 Å². The zero-order valence-corrected chi connectivity index (χ0v) is 22.8. The second kappa shape index (κ2) is 9.70. The summed E-state index contributed by atoms with van der Waals surface area (Å²) in [5.74, 6) is -6.22. The maximum absolute atomic E-state index is 14.2. The van der Waals surface area contributed by atoms with E-state index in [1.165, 1.54) is 19.2 Å². The Labute approximate surface area is 234 Å². The van der Waals surface area contributed by atoms with Crippen LogP contribution in [0, 0.1) is 5.92 Å². The Morgan fingerprint density at radius 3 is 2.32 bits per heavy atom. The van der Waals surface area contributed by atoms with Gasteiger partial charge < -0.3 is 50.6 Å². The highest BCUT2D eigenvalue weighted by atomic mass is 16.5. The third kappa shape index (κ3) is 3.70. The normalized spacial score (nSPS) is 38.9. The number of aliphatic hydroxyl groups excluding tert-OH is 5. The molecule has 0 spiro atoms. The predicted octanol–water partition coefficient (Wildman–Crippen LogP) is -0.675. The number of Topliss-reactive ketones (excluding diaryl/α,β-unsaturated/α-hetero) is 2. The molecule has 0 aromatic heterocycles. The molecule has 8 N–H and O–H groups in total. The first-order chi connectivity index (χ1) is 19.2. The van der Waals surface area contributed by atoms with Crippen molar-refractivity contribution in [1.82, 2.24) is 0 Å². The van der Waals surface area contributed by atoms with Crippen LogP contribution in [0.2, 0.25) is 0 Å². The summed E-state index contributed by atoms with van der Waals surface area (Å²) in [6.07, 6.45) is -8.29. The fraction of sp³-hybridized carbons (Fsp3) is 0.536. The van der Waals surface area contributed by atoms with Gasteiger partial charge in [0.05, 0.1) is 23.9 Å². The number of fused-ring (bicyclic) bond motifs is 2. The van der Waals surface area contributed by atoms with E-state index in [1.807, 2.05) is 0 Å². The van der Waals surface area contributed by atoms with Crippen molar-refractivity contribution < 1.29 is 59.2 Å². The molecule has 1 saturated heterocycles. The number of phenolic OH excluding ortho intramolecular Hbond substituents is 1. The summed E-state index contributed by atoms with van der Waals surface area (Å²) in [5, 5.41) is 65.7. The van der Waals surface area contributed by atoms with Gasteiger partial charge in [0.15, 0.2) is 11.4 Å². The van der Waals surface area contributed by atoms with Crippen LogP contribution in [0.15, 0.2) is 34.6 Å². The molecule has 1 fully saturated rings. The Bertz CT molecular complexity index is 1400. The van der Waals surface area contributed by atoms with E-state index in [2.05, 4.69) is 0 Å². The molecule has 41 heavy (non-hydrogen) atoms. The summed E-state index contributed by atoms with van der Waals surface area (Å²) >= 11 is 0. The lowest BCUT2D eigenvalue weighted by Gasteiger charge is -2.53. The standard InChI is InChI=1S/C28H33NO12/c1-9-19(31)14(30)8-15(41-9)10-5-6-11-16(20(10)32)22(34)17-12(27(11,2)39-3)7-13-21(33)23(35)18(26(29)38)25(37)28(13,40-4)24(17)36/h5-6,9,13-15,19,21,24,30-33,36-37H,7-8H2,1-4H3,(H2,29,38)/t9?,13-,14?,15?,19?,21+,24?,27-,28-/m0/s1. The number of carbonyl (C=O) groups is 3. The summed E-state index contributed by atoms with van der Waals surface area (Å²) in [7, 11) is 2.42. The number of phenols is 1. The molecule has 13 heteroatoms. The van der Waals surface area contributed by atoms with Gasteiger partial charge in [-0.15, -0.1) is 0 Å². The van der Waals surface area contributed by atoms with Crippen LogP contribution in [0.4, 0.5) is 0 Å². The van der Waals surface area contributed by atoms with Crippen LogP contribution >= 0.6 is 0 Å². The van der Waals surface area contributed by atoms with Crippen LogP contribution in [0.5, 0.6) is 5.75 Å². The Balaban J connectivity index is 1.71. The summed E-state index contributed by atoms with van der Waals surface area (Å²) in [6.45, 7) is 3.14. The smallest absolute Gasteiger partial charge is 0.255 e. The van der Waals surface area contributed by atoms with E-state index in [-0.39, 0.29) is 40.7 Å². The lowest BCUT2D eigenvalue weighted by Crippen LogP contribution is -2.65. The van der Waals surface area contributed by atoms with Crippen LogP contribution in [0.25, 0.3) is 0 Å². The number of carbonyl (C=O) groups excluding carboxylic acids is 3. The fourth-order valence-corrected chi connectivity index (χ4v) is 6.96. The van der Waals surface area contributed by atoms with Gasteiger partial charge in [-0.2, -0.15) is 0 Å². The van der Waals surface area contributed by atoms with Gasteiger partial charge in [0.1, 0.15) is 41.0 Å². The average Bonchev–Trinajstić information content (AvgIpc) is 2.92. The van der Waals surface area contributed by atoms with Crippen molar-refractivity contribution in [2.24, 2.45) is 11.7 Å². The quantitative estimate of drug-likeness (QED) is 0.222. The van der Waals surface area contributed by atoms with Gasteiger partial charge in [-0.3, -0.25) is 14.4 Å². The molecular weight excluding hydrogens is 542 g/mol. The van der Waals surface area contributed by atoms with Gasteiger partial charge in [0.25, 0.3) is 5.91 Å². The van der Waals surface area contributed by atoms with Crippen molar-refractivity contribution >= 4 is 17.5 Å². The number of nitrogens with two attached hydrogens (primary N) is 1. The van der Waals surface area contributed by atoms with Crippen LogP contribution in [0.3, 0.4) is 0 Å². The molecule has 1 heterocycles. The Morgan fingerprint density at radius 2 is 1.76 bits per heavy atom. The Morgan fingerprint density at radius 1 is 1.10 bits per heavy atom. The number of methoxy groups -OCH3 is 2. The number of hydrogen-bond acceptors (Lipinski definition) is 12. The lowest BCUT2D eigenvalue weighted by atomic mass is 9.57. The second-order valence-electron chi connectivity index (χ2n) is 11.1. The van der Waals surface area contributed by atoms with E-state index < -0.39 is 88.3 Å². The highest BCUT2D eigenvalue weighted by molar-refractivity contribution is 6.22. The lowest BCUT2D eigenvalue weighted by molar-refractivity contribution is -0.171. The van der Waals surface area contributed by atoms with Crippen molar-refractivity contribution in [1.29, 1.82) is 0 Å². The van der Waals surface area contributed by atoms with Crippen molar-refractivity contribution in [2.45, 2.75) is 74.5 Å². The van der Waals surface area contributed by atoms with E-state index in [4.69, 9.17) is 19.9 Å². The molecular formula is C28H33NO12. The molecule has 13 nitrogen and oxygen atoms in total. The Kier molecular flexibility index (Phi) is 6.94. The third-order valence-corrected chi connectivity index (χ3v) is 9.30. The molecule has 9 atom stereocenters. The second-order valence-corrected chi connectivity index (χ2v) is 11.1. The van der Waals surface area contributed by atoms with Crippen molar-refractivity contribution in [3.05, 3.63) is 51.3 Å².